The van der Waals surface area contributed by atoms with Crippen LogP contribution in [0.25, 0.3) is 0 Å². The fourth-order valence-electron chi connectivity index (χ4n) is 3.78. The number of carbonyl (C=O) groups is 2. The third-order valence-electron chi connectivity index (χ3n) is 5.25. The quantitative estimate of drug-likeness (QED) is 0.911. The van der Waals surface area contributed by atoms with Gasteiger partial charge in [-0.25, -0.2) is 4.39 Å². The number of amides is 2. The third kappa shape index (κ3) is 4.18. The largest absolute Gasteiger partial charge is 0.389 e. The first kappa shape index (κ1) is 17.9. The zero-order valence-electron chi connectivity index (χ0n) is 14.4. The standard InChI is InChI=1S/C19H25FN2O3/c20-16-7-2-1-6-15(16)18(24)22-11-5-10-21(12-13-22)17(23)14-19(25)8-3-4-9-19/h1-2,6-7,25H,3-5,8-14H2. The summed E-state index contributed by atoms with van der Waals surface area (Å²) in [6, 6.07) is 5.97. The van der Waals surface area contributed by atoms with Crippen LogP contribution in [0.2, 0.25) is 0 Å². The Kier molecular flexibility index (Phi) is 5.37. The topological polar surface area (TPSA) is 60.9 Å². The molecule has 1 aliphatic heterocycles. The molecule has 5 nitrogen and oxygen atoms in total. The van der Waals surface area contributed by atoms with E-state index < -0.39 is 11.4 Å². The summed E-state index contributed by atoms with van der Waals surface area (Å²) < 4.78 is 13.8. The van der Waals surface area contributed by atoms with Crippen molar-refractivity contribution in [3.8, 4) is 0 Å². The van der Waals surface area contributed by atoms with Crippen molar-refractivity contribution in [3.05, 3.63) is 35.6 Å². The van der Waals surface area contributed by atoms with Gasteiger partial charge < -0.3 is 14.9 Å². The number of rotatable bonds is 3. The molecule has 0 aromatic heterocycles. The minimum atomic E-state index is -0.855. The second-order valence-corrected chi connectivity index (χ2v) is 7.11. The Hall–Kier alpha value is -1.95. The number of hydrogen-bond acceptors (Lipinski definition) is 3. The van der Waals surface area contributed by atoms with Gasteiger partial charge in [0.25, 0.3) is 5.91 Å². The third-order valence-corrected chi connectivity index (χ3v) is 5.25. The first-order chi connectivity index (χ1) is 12.0. The van der Waals surface area contributed by atoms with Crippen LogP contribution in [-0.4, -0.2) is 58.5 Å². The van der Waals surface area contributed by atoms with E-state index in [0.29, 0.717) is 45.4 Å². The van der Waals surface area contributed by atoms with Crippen molar-refractivity contribution in [1.29, 1.82) is 0 Å². The summed E-state index contributed by atoms with van der Waals surface area (Å²) in [6.45, 7) is 1.88. The van der Waals surface area contributed by atoms with Crippen molar-refractivity contribution >= 4 is 11.8 Å². The van der Waals surface area contributed by atoms with Crippen LogP contribution in [0.4, 0.5) is 4.39 Å². The van der Waals surface area contributed by atoms with Gasteiger partial charge in [-0.2, -0.15) is 0 Å². The first-order valence-electron chi connectivity index (χ1n) is 9.02. The van der Waals surface area contributed by atoms with Gasteiger partial charge in [0.05, 0.1) is 17.6 Å². The van der Waals surface area contributed by atoms with Gasteiger partial charge in [0.15, 0.2) is 0 Å². The molecule has 3 rings (SSSR count). The van der Waals surface area contributed by atoms with Crippen LogP contribution >= 0.6 is 0 Å². The van der Waals surface area contributed by atoms with E-state index in [9.17, 15) is 19.1 Å². The summed E-state index contributed by atoms with van der Waals surface area (Å²) in [6.07, 6.45) is 4.12. The van der Waals surface area contributed by atoms with Crippen molar-refractivity contribution in [3.63, 3.8) is 0 Å². The Bertz CT molecular complexity index is 643. The number of benzene rings is 1. The number of hydrogen-bond donors (Lipinski definition) is 1. The van der Waals surface area contributed by atoms with Crippen molar-refractivity contribution in [2.75, 3.05) is 26.2 Å². The van der Waals surface area contributed by atoms with Crippen LogP contribution in [0.1, 0.15) is 48.9 Å². The summed E-state index contributed by atoms with van der Waals surface area (Å²) in [4.78, 5) is 28.4. The molecule has 1 saturated carbocycles. The van der Waals surface area contributed by atoms with E-state index in [4.69, 9.17) is 0 Å². The molecule has 0 atom stereocenters. The van der Waals surface area contributed by atoms with Crippen LogP contribution in [0.15, 0.2) is 24.3 Å². The summed E-state index contributed by atoms with van der Waals surface area (Å²) in [7, 11) is 0. The molecule has 1 aliphatic carbocycles. The maximum atomic E-state index is 13.8. The van der Waals surface area contributed by atoms with E-state index in [1.807, 2.05) is 0 Å². The molecule has 136 valence electrons. The molecule has 1 N–H and O–H groups in total. The summed E-state index contributed by atoms with van der Waals surface area (Å²) in [5.74, 6) is -0.903. The molecule has 0 radical (unpaired) electrons. The maximum Gasteiger partial charge on any atom is 0.256 e. The van der Waals surface area contributed by atoms with E-state index in [-0.39, 0.29) is 23.8 Å². The lowest BCUT2D eigenvalue weighted by molar-refractivity contribution is -0.136. The Labute approximate surface area is 147 Å². The van der Waals surface area contributed by atoms with E-state index >= 15 is 0 Å². The highest BCUT2D eigenvalue weighted by molar-refractivity contribution is 5.94. The minimum absolute atomic E-state index is 0.0513. The Morgan fingerprint density at radius 3 is 2.36 bits per heavy atom. The Balaban J connectivity index is 1.59. The maximum absolute atomic E-state index is 13.8. The lowest BCUT2D eigenvalue weighted by Gasteiger charge is -2.27. The highest BCUT2D eigenvalue weighted by Crippen LogP contribution is 2.32. The van der Waals surface area contributed by atoms with Gasteiger partial charge in [0, 0.05) is 26.2 Å². The molecule has 2 fully saturated rings. The SMILES string of the molecule is O=C(CC1(O)CCCC1)N1CCCN(C(=O)c2ccccc2F)CC1. The van der Waals surface area contributed by atoms with Gasteiger partial charge in [-0.3, -0.25) is 9.59 Å². The van der Waals surface area contributed by atoms with E-state index in [2.05, 4.69) is 0 Å². The fourth-order valence-corrected chi connectivity index (χ4v) is 3.78. The van der Waals surface area contributed by atoms with Crippen molar-refractivity contribution in [2.24, 2.45) is 0 Å². The normalized spacial score (nSPS) is 20.4. The van der Waals surface area contributed by atoms with Gasteiger partial charge in [0.2, 0.25) is 5.91 Å². The fraction of sp³-hybridized carbons (Fsp3) is 0.579. The lowest BCUT2D eigenvalue weighted by atomic mass is 9.97. The predicted octanol–water partition coefficient (Wildman–Crippen LogP) is 2.20. The average molecular weight is 348 g/mol. The van der Waals surface area contributed by atoms with E-state index in [0.717, 1.165) is 12.8 Å². The average Bonchev–Trinajstić information content (AvgIpc) is 2.86. The summed E-state index contributed by atoms with van der Waals surface area (Å²) in [5.41, 5.74) is -0.783. The lowest BCUT2D eigenvalue weighted by Crippen LogP contribution is -2.40. The number of halogens is 1. The molecule has 0 unspecified atom stereocenters. The molecule has 1 aromatic carbocycles. The van der Waals surface area contributed by atoms with Crippen LogP contribution < -0.4 is 0 Å². The molecule has 2 amide bonds. The molecule has 1 heterocycles. The van der Waals surface area contributed by atoms with Crippen LogP contribution in [0.3, 0.4) is 0 Å². The predicted molar refractivity (Wildman–Crippen MR) is 91.5 cm³/mol. The molecule has 1 aromatic rings. The second kappa shape index (κ2) is 7.52. The van der Waals surface area contributed by atoms with Gasteiger partial charge in [-0.1, -0.05) is 25.0 Å². The highest BCUT2D eigenvalue weighted by atomic mass is 19.1. The number of nitrogens with zero attached hydrogens (tertiary/aromatic N) is 2. The number of carbonyl (C=O) groups excluding carboxylic acids is 2. The van der Waals surface area contributed by atoms with Gasteiger partial charge in [-0.05, 0) is 31.4 Å². The van der Waals surface area contributed by atoms with Gasteiger partial charge >= 0.3 is 0 Å². The monoisotopic (exact) mass is 348 g/mol. The molecular formula is C19H25FN2O3. The summed E-state index contributed by atoms with van der Waals surface area (Å²) in [5, 5.41) is 10.4. The molecule has 1 saturated heterocycles. The Morgan fingerprint density at radius 1 is 1.00 bits per heavy atom. The van der Waals surface area contributed by atoms with E-state index in [1.165, 1.54) is 12.1 Å². The smallest absolute Gasteiger partial charge is 0.256 e. The van der Waals surface area contributed by atoms with Gasteiger partial charge in [0.1, 0.15) is 5.82 Å². The number of aliphatic hydroxyl groups is 1. The highest BCUT2D eigenvalue weighted by Gasteiger charge is 2.35. The van der Waals surface area contributed by atoms with Crippen LogP contribution in [-0.2, 0) is 4.79 Å². The van der Waals surface area contributed by atoms with Gasteiger partial charge in [-0.15, -0.1) is 0 Å². The van der Waals surface area contributed by atoms with Crippen LogP contribution in [0.5, 0.6) is 0 Å². The van der Waals surface area contributed by atoms with Crippen molar-refractivity contribution < 1.29 is 19.1 Å². The minimum Gasteiger partial charge on any atom is -0.389 e. The molecule has 6 heteroatoms. The molecular weight excluding hydrogens is 323 g/mol. The summed E-state index contributed by atoms with van der Waals surface area (Å²) >= 11 is 0. The molecule has 25 heavy (non-hydrogen) atoms. The second-order valence-electron chi connectivity index (χ2n) is 7.11. The van der Waals surface area contributed by atoms with Crippen LogP contribution in [0, 0.1) is 5.82 Å². The van der Waals surface area contributed by atoms with E-state index in [1.54, 1.807) is 21.9 Å². The zero-order valence-corrected chi connectivity index (χ0v) is 14.4. The van der Waals surface area contributed by atoms with Crippen molar-refractivity contribution in [2.45, 2.75) is 44.1 Å². The first-order valence-corrected chi connectivity index (χ1v) is 9.02. The molecule has 2 aliphatic rings. The Morgan fingerprint density at radius 2 is 1.64 bits per heavy atom. The zero-order chi connectivity index (χ0) is 17.9. The molecule has 0 spiro atoms. The molecule has 0 bridgehead atoms. The van der Waals surface area contributed by atoms with Crippen molar-refractivity contribution in [1.82, 2.24) is 9.80 Å².